The van der Waals surface area contributed by atoms with Gasteiger partial charge in [-0.15, -0.1) is 12.4 Å². The number of fused-ring (bicyclic) bond motifs is 2. The molecule has 4 heterocycles. The van der Waals surface area contributed by atoms with Gasteiger partial charge in [0.05, 0.1) is 18.4 Å². The van der Waals surface area contributed by atoms with Gasteiger partial charge in [0, 0.05) is 81.1 Å². The molecule has 0 bridgehead atoms. The van der Waals surface area contributed by atoms with Crippen molar-refractivity contribution in [2.75, 3.05) is 13.1 Å². The van der Waals surface area contributed by atoms with E-state index in [1.165, 1.54) is 42.1 Å². The summed E-state index contributed by atoms with van der Waals surface area (Å²) < 4.78 is 0. The molecule has 14 atom stereocenters. The van der Waals surface area contributed by atoms with Gasteiger partial charge in [0.2, 0.25) is 29.5 Å². The lowest BCUT2D eigenvalue weighted by atomic mass is 9.76. The highest BCUT2D eigenvalue weighted by Gasteiger charge is 2.54. The molecule has 8 fully saturated rings. The van der Waals surface area contributed by atoms with Crippen LogP contribution in [0, 0.1) is 64.1 Å². The minimum atomic E-state index is -1.28. The molecular weight excluding hydrogens is 1300 g/mol. The number of amides is 6. The summed E-state index contributed by atoms with van der Waals surface area (Å²) in [5.41, 5.74) is 4.74. The van der Waals surface area contributed by atoms with Gasteiger partial charge in [-0.25, -0.2) is 14.8 Å². The van der Waals surface area contributed by atoms with Crippen LogP contribution in [0.15, 0.2) is 37.2 Å². The number of carbonyl (C=O) groups excluding carboxylic acids is 9. The number of nitrogens with zero attached hydrogens (tertiary/aromatic N) is 6. The van der Waals surface area contributed by atoms with Crippen molar-refractivity contribution in [3.05, 3.63) is 48.6 Å². The predicted molar refractivity (Wildman–Crippen MR) is 378 cm³/mol. The van der Waals surface area contributed by atoms with Gasteiger partial charge in [0.15, 0.2) is 17.3 Å². The van der Waals surface area contributed by atoms with Crippen LogP contribution in [-0.2, 0) is 38.4 Å². The standard InChI is InChI=1S/C38H57N5O6.C28H40N4O5.C9H18N2O2.ClH/c1-5-10-28(33(46)31(45)19-23-15-16-23)41-36(48)32-26-14-9-13-25(26)22-43(32)37(49)34(38(2,3)4)42-35(47)27(24-11-7-6-8-12-24)20-30(44)29-21-39-17-18-40-29;1-28(2,3)24(26(35)32-16-18-10-7-11-19(18)23(32)27(36)37)31-25(34)20(17-8-5-4-6-9-17)14-22(33)21-15-29-12-13-30-21;1-2-3-7(10)8(12)9(13)11-6-4-5-6;/h17-18,21,23-28,32-34,46H,5-16,19-20,22H2,1-4H3,(H,41,48)(H,42,47);12-13,15,17-20,23-24H,4-11,14,16H2,1-3H3,(H,31,34)(H,36,37);6-8,12H,2-5,10H2,1H3,(H,11,13);1H/t25-,26-,27-,28-,32-,33-,34+;18-,19-,20-,23-,24+;7-,8-;/m000./s1. The van der Waals surface area contributed by atoms with Crippen molar-refractivity contribution in [2.45, 2.75) is 283 Å². The highest BCUT2D eigenvalue weighted by Crippen LogP contribution is 2.46. The van der Waals surface area contributed by atoms with Crippen LogP contribution >= 0.6 is 12.4 Å². The number of aromatic nitrogens is 4. The molecule has 6 aliphatic carbocycles. The van der Waals surface area contributed by atoms with Crippen molar-refractivity contribution in [2.24, 2.45) is 69.8 Å². The molecule has 100 heavy (non-hydrogen) atoms. The lowest BCUT2D eigenvalue weighted by molar-refractivity contribution is -0.152. The number of halogens is 1. The van der Waals surface area contributed by atoms with E-state index in [4.69, 9.17) is 5.73 Å². The number of aliphatic hydroxyl groups excluding tert-OH is 2. The van der Waals surface area contributed by atoms with Crippen molar-refractivity contribution < 1.29 is 63.3 Å². The Hall–Kier alpha value is -6.37. The maximum atomic E-state index is 14.6. The van der Waals surface area contributed by atoms with Crippen molar-refractivity contribution in [1.29, 1.82) is 0 Å². The number of ketones is 3. The lowest BCUT2D eigenvalue weighted by Gasteiger charge is -2.38. The third-order valence-electron chi connectivity index (χ3n) is 22.3. The Morgan fingerprint density at radius 2 is 1.00 bits per heavy atom. The fraction of sp³-hybridized carbons (Fsp3) is 0.760. The van der Waals surface area contributed by atoms with Crippen LogP contribution in [0.2, 0.25) is 0 Å². The van der Waals surface area contributed by atoms with E-state index in [0.29, 0.717) is 44.7 Å². The molecule has 2 saturated heterocycles. The number of nitrogens with one attached hydrogen (secondary N) is 4. The van der Waals surface area contributed by atoms with E-state index < -0.39 is 77.1 Å². The number of carboxylic acids is 1. The maximum Gasteiger partial charge on any atom is 0.326 e. The number of hydrogen-bond donors (Lipinski definition) is 8. The van der Waals surface area contributed by atoms with E-state index in [0.717, 1.165) is 135 Å². The molecule has 2 aromatic heterocycles. The van der Waals surface area contributed by atoms with Crippen molar-refractivity contribution in [3.8, 4) is 0 Å². The normalized spacial score (nSPS) is 24.6. The zero-order valence-electron chi connectivity index (χ0n) is 60.5. The Labute approximate surface area is 597 Å². The second-order valence-corrected chi connectivity index (χ2v) is 32.1. The largest absolute Gasteiger partial charge is 0.480 e. The van der Waals surface area contributed by atoms with Gasteiger partial charge in [-0.1, -0.05) is 120 Å². The number of hydrogen-bond acceptors (Lipinski definition) is 17. The molecule has 24 nitrogen and oxygen atoms in total. The summed E-state index contributed by atoms with van der Waals surface area (Å²) in [5.74, 6) is -4.15. The molecule has 0 spiro atoms. The van der Waals surface area contributed by atoms with Gasteiger partial charge in [-0.05, 0) is 142 Å². The summed E-state index contributed by atoms with van der Waals surface area (Å²) >= 11 is 0. The topological polar surface area (TPSA) is 364 Å². The van der Waals surface area contributed by atoms with Crippen LogP contribution in [0.3, 0.4) is 0 Å². The van der Waals surface area contributed by atoms with Crippen molar-refractivity contribution >= 4 is 71.2 Å². The Kier molecular flexibility index (Phi) is 30.1. The molecule has 6 saturated carbocycles. The fourth-order valence-corrected chi connectivity index (χ4v) is 16.4. The average molecular weight is 1420 g/mol. The van der Waals surface area contributed by atoms with Crippen LogP contribution in [0.1, 0.15) is 250 Å². The quantitative estimate of drug-likeness (QED) is 0.0373. The molecular formula is C75H116ClN11O13. The first-order valence-corrected chi connectivity index (χ1v) is 37.4. The molecule has 25 heteroatoms. The highest BCUT2D eigenvalue weighted by atomic mass is 35.5. The van der Waals surface area contributed by atoms with Crippen molar-refractivity contribution in [3.63, 3.8) is 0 Å². The first kappa shape index (κ1) is 80.9. The van der Waals surface area contributed by atoms with E-state index in [1.54, 1.807) is 4.90 Å². The molecule has 10 rings (SSSR count). The van der Waals surface area contributed by atoms with Gasteiger partial charge >= 0.3 is 5.97 Å². The number of carboxylic acid groups (broad SMARTS) is 1. The Morgan fingerprint density at radius 3 is 1.40 bits per heavy atom. The minimum Gasteiger partial charge on any atom is -0.480 e. The van der Waals surface area contributed by atoms with Gasteiger partial charge in [0.25, 0.3) is 5.91 Å². The lowest BCUT2D eigenvalue weighted by Crippen LogP contribution is -2.60. The zero-order chi connectivity index (χ0) is 71.9. The predicted octanol–water partition coefficient (Wildman–Crippen LogP) is 8.08. The van der Waals surface area contributed by atoms with Gasteiger partial charge in [0.1, 0.15) is 47.8 Å². The number of aliphatic carboxylic acids is 1. The number of Topliss-reactive ketones (excluding diaryl/α,β-unsaturated/α-hetero) is 3. The van der Waals surface area contributed by atoms with Gasteiger partial charge in [-0.3, -0.25) is 53.1 Å². The van der Waals surface area contributed by atoms with Gasteiger partial charge < -0.3 is 52.1 Å². The fourth-order valence-electron chi connectivity index (χ4n) is 16.4. The molecule has 0 radical (unpaired) electrons. The molecule has 2 aromatic rings. The van der Waals surface area contributed by atoms with Gasteiger partial charge in [-0.2, -0.15) is 0 Å². The summed E-state index contributed by atoms with van der Waals surface area (Å²) in [6.07, 6.45) is 28.5. The van der Waals surface area contributed by atoms with Crippen LogP contribution in [0.4, 0.5) is 0 Å². The number of aliphatic hydroxyl groups is 2. The molecule has 9 N–H and O–H groups in total. The monoisotopic (exact) mass is 1410 g/mol. The third kappa shape index (κ3) is 21.8. The van der Waals surface area contributed by atoms with Crippen LogP contribution in [0.25, 0.3) is 0 Å². The van der Waals surface area contributed by atoms with Crippen molar-refractivity contribution in [1.82, 2.24) is 51.0 Å². The Balaban J connectivity index is 0.000000242. The summed E-state index contributed by atoms with van der Waals surface area (Å²) in [5, 5.41) is 42.3. The Morgan fingerprint density at radius 1 is 0.550 bits per heavy atom. The Bertz CT molecular complexity index is 3080. The number of nitrogens with two attached hydrogens (primary N) is 1. The van der Waals surface area contributed by atoms with Crippen LogP contribution in [-0.4, -0.2) is 171 Å². The first-order chi connectivity index (χ1) is 47.1. The van der Waals surface area contributed by atoms with Crippen LogP contribution in [0.5, 0.6) is 0 Å². The molecule has 556 valence electrons. The zero-order valence-corrected chi connectivity index (χ0v) is 61.3. The molecule has 8 aliphatic rings. The minimum absolute atomic E-state index is 0. The van der Waals surface area contributed by atoms with E-state index in [2.05, 4.69) is 41.2 Å². The number of rotatable bonds is 28. The number of likely N-dealkylation sites (tertiary alicyclic amines) is 2. The third-order valence-corrected chi connectivity index (χ3v) is 22.3. The summed E-state index contributed by atoms with van der Waals surface area (Å²) in [4.78, 5) is 153. The highest BCUT2D eigenvalue weighted by molar-refractivity contribution is 6.00. The van der Waals surface area contributed by atoms with E-state index in [-0.39, 0.29) is 131 Å². The molecule has 6 amide bonds. The van der Waals surface area contributed by atoms with E-state index >= 15 is 0 Å². The maximum absolute atomic E-state index is 14.6. The smallest absolute Gasteiger partial charge is 0.326 e. The first-order valence-electron chi connectivity index (χ1n) is 37.4. The molecule has 0 aromatic carbocycles. The van der Waals surface area contributed by atoms with Crippen LogP contribution < -0.4 is 27.0 Å². The molecule has 0 unspecified atom stereocenters. The second kappa shape index (κ2) is 37.2. The molecule has 2 aliphatic heterocycles. The summed E-state index contributed by atoms with van der Waals surface area (Å²) in [6, 6.07) is -4.28. The SMILES string of the molecule is CC(C)(C)[C@H](NC(=O)[C@@H](CC(=O)c1cnccn1)C1CCCCC1)C(=O)N1C[C@@H]2CCC[C@@H]2[C@H]1C(=O)O.CCC[C@H](N)[C@H](O)C(=O)NC1CC1.CCC[C@H](NC(=O)[C@@H]1[C@H]2CCC[C@H]2CN1C(=O)[C@@H](NC(=O)[C@@H](CC(=O)c1cnccn1)C1CCCCC1)C(C)(C)C)[C@H](O)C(=O)CC1CC1.Cl. The van der Waals surface area contributed by atoms with E-state index in [1.807, 2.05) is 55.4 Å². The summed E-state index contributed by atoms with van der Waals surface area (Å²) in [7, 11) is 0. The second-order valence-electron chi connectivity index (χ2n) is 32.1. The van der Waals surface area contributed by atoms with E-state index in [9.17, 15) is 63.3 Å². The average Bonchev–Trinajstić information content (AvgIpc) is 1.60. The summed E-state index contributed by atoms with van der Waals surface area (Å²) in [6.45, 7) is 16.1. The number of carbonyl (C=O) groups is 10.